The molecule has 1 saturated heterocycles. The first-order valence-electron chi connectivity index (χ1n) is 6.41. The van der Waals surface area contributed by atoms with E-state index in [-0.39, 0.29) is 30.5 Å². The van der Waals surface area contributed by atoms with Crippen LogP contribution in [0.2, 0.25) is 0 Å². The van der Waals surface area contributed by atoms with Crippen molar-refractivity contribution >= 4 is 11.9 Å². The second kappa shape index (κ2) is 5.84. The maximum atomic E-state index is 12.1. The van der Waals surface area contributed by atoms with E-state index >= 15 is 0 Å². The van der Waals surface area contributed by atoms with Crippen LogP contribution < -0.4 is 10.6 Å². The fourth-order valence-corrected chi connectivity index (χ4v) is 2.38. The van der Waals surface area contributed by atoms with Crippen molar-refractivity contribution in [3.05, 3.63) is 35.9 Å². The highest BCUT2D eigenvalue weighted by atomic mass is 16.4. The number of carbonyl (C=O) groups excluding carboxylic acids is 1. The zero-order valence-electron chi connectivity index (χ0n) is 10.8. The molecule has 3 atom stereocenters. The zero-order valence-corrected chi connectivity index (χ0v) is 10.8. The monoisotopic (exact) mass is 262 g/mol. The first-order valence-corrected chi connectivity index (χ1v) is 6.41. The summed E-state index contributed by atoms with van der Waals surface area (Å²) in [5, 5.41) is 14.9. The molecule has 102 valence electrons. The van der Waals surface area contributed by atoms with Gasteiger partial charge in [0.25, 0.3) is 0 Å². The molecule has 5 nitrogen and oxygen atoms in total. The van der Waals surface area contributed by atoms with Gasteiger partial charge in [0.2, 0.25) is 5.91 Å². The highest BCUT2D eigenvalue weighted by molar-refractivity contribution is 5.81. The number of hydrogen-bond acceptors (Lipinski definition) is 3. The van der Waals surface area contributed by atoms with E-state index in [0.29, 0.717) is 6.42 Å². The molecule has 1 heterocycles. The summed E-state index contributed by atoms with van der Waals surface area (Å²) in [6, 6.07) is 9.62. The molecule has 2 rings (SSSR count). The molecule has 1 aromatic rings. The second-order valence-corrected chi connectivity index (χ2v) is 4.85. The van der Waals surface area contributed by atoms with Gasteiger partial charge in [0, 0.05) is 12.5 Å². The summed E-state index contributed by atoms with van der Waals surface area (Å²) in [6.45, 7) is 1.92. The third-order valence-corrected chi connectivity index (χ3v) is 3.46. The van der Waals surface area contributed by atoms with Crippen LogP contribution in [-0.2, 0) is 9.59 Å². The Balaban J connectivity index is 2.02. The van der Waals surface area contributed by atoms with Crippen molar-refractivity contribution in [1.29, 1.82) is 0 Å². The fourth-order valence-electron chi connectivity index (χ4n) is 2.38. The number of rotatable bonds is 4. The minimum absolute atomic E-state index is 0.0140. The largest absolute Gasteiger partial charge is 0.481 e. The van der Waals surface area contributed by atoms with Gasteiger partial charge in [-0.25, -0.2) is 0 Å². The maximum absolute atomic E-state index is 12.1. The summed E-state index contributed by atoms with van der Waals surface area (Å²) in [6.07, 6.45) is 0.168. The molecule has 0 radical (unpaired) electrons. The summed E-state index contributed by atoms with van der Waals surface area (Å²) in [4.78, 5) is 22.6. The molecule has 1 fully saturated rings. The van der Waals surface area contributed by atoms with E-state index in [0.717, 1.165) is 5.56 Å². The molecule has 0 spiro atoms. The Morgan fingerprint density at radius 1 is 1.32 bits per heavy atom. The summed E-state index contributed by atoms with van der Waals surface area (Å²) in [5.41, 5.74) is 0.999. The Morgan fingerprint density at radius 3 is 2.58 bits per heavy atom. The van der Waals surface area contributed by atoms with Crippen LogP contribution in [-0.4, -0.2) is 23.0 Å². The van der Waals surface area contributed by atoms with Gasteiger partial charge in [-0.3, -0.25) is 14.9 Å². The topological polar surface area (TPSA) is 78.4 Å². The molecule has 0 bridgehead atoms. The first kappa shape index (κ1) is 13.5. The second-order valence-electron chi connectivity index (χ2n) is 4.85. The standard InChI is InChI=1S/C14H18N2O3/c1-9-11(7-8-12(17)18)14(19)16-13(15-9)10-5-3-2-4-6-10/h2-6,9,11,13,15H,7-8H2,1H3,(H,16,19)(H,17,18). The fraction of sp³-hybridized carbons (Fsp3) is 0.429. The number of hydrogen-bond donors (Lipinski definition) is 3. The van der Waals surface area contributed by atoms with Gasteiger partial charge in [-0.1, -0.05) is 30.3 Å². The number of amides is 1. The Morgan fingerprint density at radius 2 is 2.00 bits per heavy atom. The van der Waals surface area contributed by atoms with Gasteiger partial charge in [0.1, 0.15) is 6.17 Å². The lowest BCUT2D eigenvalue weighted by Gasteiger charge is -2.35. The van der Waals surface area contributed by atoms with Crippen molar-refractivity contribution in [3.63, 3.8) is 0 Å². The lowest BCUT2D eigenvalue weighted by Crippen LogP contribution is -2.55. The third-order valence-electron chi connectivity index (χ3n) is 3.46. The lowest BCUT2D eigenvalue weighted by atomic mass is 9.91. The van der Waals surface area contributed by atoms with Crippen molar-refractivity contribution in [1.82, 2.24) is 10.6 Å². The molecule has 1 aromatic carbocycles. The molecule has 3 N–H and O–H groups in total. The third kappa shape index (κ3) is 3.32. The average Bonchev–Trinajstić information content (AvgIpc) is 2.38. The highest BCUT2D eigenvalue weighted by Crippen LogP contribution is 2.22. The molecule has 1 aliphatic rings. The lowest BCUT2D eigenvalue weighted by molar-refractivity contribution is -0.138. The van der Waals surface area contributed by atoms with Gasteiger partial charge in [-0.2, -0.15) is 0 Å². The van der Waals surface area contributed by atoms with Crippen LogP contribution in [0.4, 0.5) is 0 Å². The predicted octanol–water partition coefficient (Wildman–Crippen LogP) is 1.27. The Labute approximate surface area is 112 Å². The number of aliphatic carboxylic acids is 1. The van der Waals surface area contributed by atoms with Gasteiger partial charge in [0.15, 0.2) is 0 Å². The molecular weight excluding hydrogens is 244 g/mol. The molecule has 0 saturated carbocycles. The molecule has 0 aliphatic carbocycles. The van der Waals surface area contributed by atoms with Crippen molar-refractivity contribution in [2.45, 2.75) is 32.0 Å². The molecule has 1 amide bonds. The first-order chi connectivity index (χ1) is 9.08. The van der Waals surface area contributed by atoms with E-state index in [4.69, 9.17) is 5.11 Å². The average molecular weight is 262 g/mol. The highest BCUT2D eigenvalue weighted by Gasteiger charge is 2.33. The molecule has 3 unspecified atom stereocenters. The van der Waals surface area contributed by atoms with Gasteiger partial charge < -0.3 is 10.4 Å². The van der Waals surface area contributed by atoms with E-state index < -0.39 is 5.97 Å². The minimum atomic E-state index is -0.870. The van der Waals surface area contributed by atoms with Crippen LogP contribution in [0.15, 0.2) is 30.3 Å². The van der Waals surface area contributed by atoms with E-state index in [9.17, 15) is 9.59 Å². The Kier molecular flexibility index (Phi) is 4.16. The van der Waals surface area contributed by atoms with E-state index in [1.807, 2.05) is 37.3 Å². The van der Waals surface area contributed by atoms with E-state index in [1.54, 1.807) is 0 Å². The molecule has 1 aliphatic heterocycles. The molecule has 0 aromatic heterocycles. The summed E-state index contributed by atoms with van der Waals surface area (Å²) in [5.74, 6) is -1.25. The zero-order chi connectivity index (χ0) is 13.8. The SMILES string of the molecule is CC1NC(c2ccccc2)NC(=O)C1CCC(=O)O. The minimum Gasteiger partial charge on any atom is -0.481 e. The van der Waals surface area contributed by atoms with Crippen molar-refractivity contribution in [2.75, 3.05) is 0 Å². The smallest absolute Gasteiger partial charge is 0.303 e. The van der Waals surface area contributed by atoms with Crippen LogP contribution in [0.1, 0.15) is 31.5 Å². The molecule has 5 heteroatoms. The van der Waals surface area contributed by atoms with Crippen molar-refractivity contribution in [3.8, 4) is 0 Å². The van der Waals surface area contributed by atoms with Crippen LogP contribution in [0.5, 0.6) is 0 Å². The van der Waals surface area contributed by atoms with E-state index in [1.165, 1.54) is 0 Å². The Bertz CT molecular complexity index is 461. The number of benzene rings is 1. The van der Waals surface area contributed by atoms with Crippen LogP contribution in [0, 0.1) is 5.92 Å². The van der Waals surface area contributed by atoms with Gasteiger partial charge in [-0.05, 0) is 18.9 Å². The molecular formula is C14H18N2O3. The quantitative estimate of drug-likeness (QED) is 0.763. The van der Waals surface area contributed by atoms with E-state index in [2.05, 4.69) is 10.6 Å². The number of carboxylic acid groups (broad SMARTS) is 1. The van der Waals surface area contributed by atoms with Gasteiger partial charge in [0.05, 0.1) is 5.92 Å². The van der Waals surface area contributed by atoms with Crippen molar-refractivity contribution < 1.29 is 14.7 Å². The maximum Gasteiger partial charge on any atom is 0.303 e. The van der Waals surface area contributed by atoms with Gasteiger partial charge in [-0.15, -0.1) is 0 Å². The van der Waals surface area contributed by atoms with Gasteiger partial charge >= 0.3 is 5.97 Å². The summed E-state index contributed by atoms with van der Waals surface area (Å²) < 4.78 is 0. The van der Waals surface area contributed by atoms with Crippen LogP contribution >= 0.6 is 0 Å². The Hall–Kier alpha value is -1.88. The molecule has 19 heavy (non-hydrogen) atoms. The number of carbonyl (C=O) groups is 2. The summed E-state index contributed by atoms with van der Waals surface area (Å²) in [7, 11) is 0. The van der Waals surface area contributed by atoms with Crippen LogP contribution in [0.25, 0.3) is 0 Å². The predicted molar refractivity (Wildman–Crippen MR) is 70.3 cm³/mol. The normalized spacial score (nSPS) is 26.8. The van der Waals surface area contributed by atoms with Crippen LogP contribution in [0.3, 0.4) is 0 Å². The van der Waals surface area contributed by atoms with Crippen molar-refractivity contribution in [2.24, 2.45) is 5.92 Å². The summed E-state index contributed by atoms with van der Waals surface area (Å²) >= 11 is 0. The number of nitrogens with one attached hydrogen (secondary N) is 2. The number of carboxylic acids is 1.